The number of hydrogen-bond acceptors (Lipinski definition) is 4. The summed E-state index contributed by atoms with van der Waals surface area (Å²) in [5, 5.41) is 11.3. The normalized spacial score (nSPS) is 12.1. The molecule has 94 valence electrons. The monoisotopic (exact) mass is 257 g/mol. The third-order valence-corrected chi connectivity index (χ3v) is 3.14. The lowest BCUT2D eigenvalue weighted by Crippen LogP contribution is -2.41. The lowest BCUT2D eigenvalue weighted by atomic mass is 10.3. The van der Waals surface area contributed by atoms with Gasteiger partial charge in [-0.1, -0.05) is 0 Å². The Kier molecular flexibility index (Phi) is 5.02. The molecular weight excluding hydrogens is 242 g/mol. The molecule has 0 saturated heterocycles. The summed E-state index contributed by atoms with van der Waals surface area (Å²) < 4.78 is 1.88. The van der Waals surface area contributed by atoms with Gasteiger partial charge in [0, 0.05) is 32.1 Å². The van der Waals surface area contributed by atoms with Gasteiger partial charge in [0.25, 0.3) is 0 Å². The van der Waals surface area contributed by atoms with Gasteiger partial charge in [0.05, 0.1) is 5.75 Å². The Morgan fingerprint density at radius 2 is 2.35 bits per heavy atom. The zero-order valence-electron chi connectivity index (χ0n) is 9.71. The Hall–Kier alpha value is -1.50. The van der Waals surface area contributed by atoms with Gasteiger partial charge in [-0.2, -0.15) is 11.8 Å². The standard InChI is InChI=1S/C10H15N3O3S/c1-7(14)12-8(10(15)16)5-17-6-9-11-3-4-13(9)2/h3-4,8H,5-6H2,1-2H3,(H,12,14)(H,15,16). The van der Waals surface area contributed by atoms with E-state index in [0.29, 0.717) is 11.5 Å². The van der Waals surface area contributed by atoms with Crippen LogP contribution >= 0.6 is 11.8 Å². The van der Waals surface area contributed by atoms with E-state index in [9.17, 15) is 9.59 Å². The van der Waals surface area contributed by atoms with Gasteiger partial charge in [0.1, 0.15) is 11.9 Å². The number of nitrogens with zero attached hydrogens (tertiary/aromatic N) is 2. The van der Waals surface area contributed by atoms with E-state index in [-0.39, 0.29) is 5.91 Å². The number of carboxylic acid groups (broad SMARTS) is 1. The molecule has 1 aromatic heterocycles. The summed E-state index contributed by atoms with van der Waals surface area (Å²) in [6, 6.07) is -0.849. The van der Waals surface area contributed by atoms with Gasteiger partial charge in [-0.3, -0.25) is 4.79 Å². The topological polar surface area (TPSA) is 84.2 Å². The molecule has 1 unspecified atom stereocenters. The van der Waals surface area contributed by atoms with Crippen molar-refractivity contribution < 1.29 is 14.7 Å². The van der Waals surface area contributed by atoms with Crippen LogP contribution in [0.5, 0.6) is 0 Å². The van der Waals surface area contributed by atoms with Crippen LogP contribution in [0, 0.1) is 0 Å². The van der Waals surface area contributed by atoms with Gasteiger partial charge in [-0.05, 0) is 0 Å². The highest BCUT2D eigenvalue weighted by atomic mass is 32.2. The molecule has 1 amide bonds. The molecule has 0 aliphatic rings. The Morgan fingerprint density at radius 1 is 1.65 bits per heavy atom. The average Bonchev–Trinajstić information content (AvgIpc) is 2.62. The maximum atomic E-state index is 10.8. The van der Waals surface area contributed by atoms with E-state index < -0.39 is 12.0 Å². The lowest BCUT2D eigenvalue weighted by Gasteiger charge is -2.12. The molecule has 0 aliphatic heterocycles. The van der Waals surface area contributed by atoms with Gasteiger partial charge in [-0.15, -0.1) is 0 Å². The molecule has 1 heterocycles. The van der Waals surface area contributed by atoms with Crippen molar-refractivity contribution in [3.8, 4) is 0 Å². The van der Waals surface area contributed by atoms with E-state index in [0.717, 1.165) is 5.82 Å². The Balaban J connectivity index is 2.40. The number of aliphatic carboxylic acids is 1. The molecular formula is C10H15N3O3S. The highest BCUT2D eigenvalue weighted by Gasteiger charge is 2.18. The molecule has 0 saturated carbocycles. The highest BCUT2D eigenvalue weighted by Crippen LogP contribution is 2.11. The number of nitrogens with one attached hydrogen (secondary N) is 1. The van der Waals surface area contributed by atoms with Crippen LogP contribution in [0.3, 0.4) is 0 Å². The van der Waals surface area contributed by atoms with Crippen molar-refractivity contribution in [3.63, 3.8) is 0 Å². The van der Waals surface area contributed by atoms with Crippen molar-refractivity contribution in [3.05, 3.63) is 18.2 Å². The van der Waals surface area contributed by atoms with Crippen LogP contribution in [0.15, 0.2) is 12.4 Å². The third-order valence-electron chi connectivity index (χ3n) is 2.11. The summed E-state index contributed by atoms with van der Waals surface area (Å²) in [4.78, 5) is 25.8. The first-order valence-electron chi connectivity index (χ1n) is 5.04. The smallest absolute Gasteiger partial charge is 0.327 e. The van der Waals surface area contributed by atoms with Crippen molar-refractivity contribution in [2.45, 2.75) is 18.7 Å². The van der Waals surface area contributed by atoms with E-state index in [1.54, 1.807) is 6.20 Å². The van der Waals surface area contributed by atoms with Crippen LogP contribution in [-0.2, 0) is 22.4 Å². The number of carbonyl (C=O) groups is 2. The molecule has 17 heavy (non-hydrogen) atoms. The van der Waals surface area contributed by atoms with Crippen molar-refractivity contribution >= 4 is 23.6 Å². The summed E-state index contributed by atoms with van der Waals surface area (Å²) in [6.45, 7) is 1.30. The Labute approximate surface area is 103 Å². The van der Waals surface area contributed by atoms with Crippen LogP contribution in [0.25, 0.3) is 0 Å². The van der Waals surface area contributed by atoms with Crippen LogP contribution in [0.4, 0.5) is 0 Å². The van der Waals surface area contributed by atoms with Crippen molar-refractivity contribution in [2.75, 3.05) is 5.75 Å². The number of carbonyl (C=O) groups excluding carboxylic acids is 1. The zero-order chi connectivity index (χ0) is 12.8. The minimum absolute atomic E-state index is 0.321. The molecule has 0 fully saturated rings. The number of carboxylic acids is 1. The molecule has 1 aromatic rings. The van der Waals surface area contributed by atoms with Gasteiger partial charge < -0.3 is 15.0 Å². The fourth-order valence-corrected chi connectivity index (χ4v) is 2.26. The van der Waals surface area contributed by atoms with Crippen LogP contribution in [0.1, 0.15) is 12.7 Å². The molecule has 6 nitrogen and oxygen atoms in total. The molecule has 0 spiro atoms. The van der Waals surface area contributed by atoms with Crippen molar-refractivity contribution in [1.29, 1.82) is 0 Å². The van der Waals surface area contributed by atoms with E-state index in [4.69, 9.17) is 5.11 Å². The van der Waals surface area contributed by atoms with Crippen LogP contribution < -0.4 is 5.32 Å². The van der Waals surface area contributed by atoms with Crippen molar-refractivity contribution in [2.24, 2.45) is 7.05 Å². The van der Waals surface area contributed by atoms with E-state index in [1.807, 2.05) is 17.8 Å². The number of rotatable bonds is 6. The molecule has 1 atom stereocenters. The largest absolute Gasteiger partial charge is 0.480 e. The predicted molar refractivity (Wildman–Crippen MR) is 64.6 cm³/mol. The number of imidazole rings is 1. The van der Waals surface area contributed by atoms with E-state index in [2.05, 4.69) is 10.3 Å². The summed E-state index contributed by atoms with van der Waals surface area (Å²) >= 11 is 1.42. The summed E-state index contributed by atoms with van der Waals surface area (Å²) in [6.07, 6.45) is 3.52. The second-order valence-corrected chi connectivity index (χ2v) is 4.59. The first-order valence-corrected chi connectivity index (χ1v) is 6.20. The first kappa shape index (κ1) is 13.6. The second-order valence-electron chi connectivity index (χ2n) is 3.56. The average molecular weight is 257 g/mol. The van der Waals surface area contributed by atoms with Crippen molar-refractivity contribution in [1.82, 2.24) is 14.9 Å². The summed E-state index contributed by atoms with van der Waals surface area (Å²) in [5.41, 5.74) is 0. The second kappa shape index (κ2) is 6.29. The van der Waals surface area contributed by atoms with Gasteiger partial charge >= 0.3 is 5.97 Å². The number of aryl methyl sites for hydroxylation is 1. The van der Waals surface area contributed by atoms with E-state index >= 15 is 0 Å². The lowest BCUT2D eigenvalue weighted by molar-refractivity contribution is -0.140. The van der Waals surface area contributed by atoms with Gasteiger partial charge in [-0.25, -0.2) is 9.78 Å². The summed E-state index contributed by atoms with van der Waals surface area (Å²) in [5.74, 6) is 0.457. The molecule has 0 aromatic carbocycles. The molecule has 0 radical (unpaired) electrons. The van der Waals surface area contributed by atoms with Gasteiger partial charge in [0.2, 0.25) is 5.91 Å². The molecule has 0 aliphatic carbocycles. The maximum absolute atomic E-state index is 10.8. The van der Waals surface area contributed by atoms with Gasteiger partial charge in [0.15, 0.2) is 0 Å². The number of aromatic nitrogens is 2. The zero-order valence-corrected chi connectivity index (χ0v) is 10.5. The molecule has 0 bridgehead atoms. The molecule has 1 rings (SSSR count). The molecule has 7 heteroatoms. The minimum atomic E-state index is -1.02. The molecule has 2 N–H and O–H groups in total. The maximum Gasteiger partial charge on any atom is 0.327 e. The minimum Gasteiger partial charge on any atom is -0.480 e. The quantitative estimate of drug-likeness (QED) is 0.762. The van der Waals surface area contributed by atoms with Crippen LogP contribution in [0.2, 0.25) is 0 Å². The SMILES string of the molecule is CC(=O)NC(CSCc1nccn1C)C(=O)O. The predicted octanol–water partition coefficient (Wildman–Crippen LogP) is 0.243. The third kappa shape index (κ3) is 4.48. The fourth-order valence-electron chi connectivity index (χ4n) is 1.22. The number of hydrogen-bond donors (Lipinski definition) is 2. The highest BCUT2D eigenvalue weighted by molar-refractivity contribution is 7.98. The van der Waals surface area contributed by atoms with Crippen LogP contribution in [-0.4, -0.2) is 38.3 Å². The Morgan fingerprint density at radius 3 is 2.82 bits per heavy atom. The first-order chi connectivity index (χ1) is 8.00. The summed E-state index contributed by atoms with van der Waals surface area (Å²) in [7, 11) is 1.88. The fraction of sp³-hybridized carbons (Fsp3) is 0.500. The number of thioether (sulfide) groups is 1. The van der Waals surface area contributed by atoms with E-state index in [1.165, 1.54) is 18.7 Å². The number of amides is 1. The Bertz CT molecular complexity index is 405.